The molecule has 0 saturated carbocycles. The Bertz CT molecular complexity index is 625. The van der Waals surface area contributed by atoms with Crippen molar-refractivity contribution >= 4 is 11.6 Å². The minimum absolute atomic E-state index is 0.467. The molecule has 0 atom stereocenters. The monoisotopic (exact) mass is 299 g/mol. The molecule has 1 fully saturated rings. The molecule has 116 valence electrons. The van der Waals surface area contributed by atoms with Crippen molar-refractivity contribution in [1.29, 1.82) is 0 Å². The Morgan fingerprint density at radius 3 is 2.64 bits per heavy atom. The highest BCUT2D eigenvalue weighted by Crippen LogP contribution is 2.21. The van der Waals surface area contributed by atoms with Gasteiger partial charge in [-0.1, -0.05) is 18.2 Å². The zero-order chi connectivity index (χ0) is 15.4. The van der Waals surface area contributed by atoms with Crippen molar-refractivity contribution in [2.45, 2.75) is 6.54 Å². The van der Waals surface area contributed by atoms with Gasteiger partial charge in [-0.05, 0) is 6.07 Å². The molecule has 22 heavy (non-hydrogen) atoms. The second kappa shape index (κ2) is 6.62. The minimum atomic E-state index is 0.467. The summed E-state index contributed by atoms with van der Waals surface area (Å²) >= 11 is 0. The fourth-order valence-electron chi connectivity index (χ4n) is 2.73. The van der Waals surface area contributed by atoms with Gasteiger partial charge in [-0.15, -0.1) is 0 Å². The van der Waals surface area contributed by atoms with Crippen LogP contribution in [0.15, 0.2) is 36.7 Å². The summed E-state index contributed by atoms with van der Waals surface area (Å²) in [5.41, 5.74) is 6.93. The van der Waals surface area contributed by atoms with Crippen LogP contribution in [-0.2, 0) is 6.54 Å². The number of nitrogen functional groups attached to an aromatic ring is 1. The zero-order valence-electron chi connectivity index (χ0n) is 12.8. The van der Waals surface area contributed by atoms with E-state index < -0.39 is 0 Å². The number of aromatic nitrogens is 2. The van der Waals surface area contributed by atoms with Crippen LogP contribution in [0.1, 0.15) is 5.56 Å². The molecule has 1 aromatic carbocycles. The molecule has 1 saturated heterocycles. The third kappa shape index (κ3) is 3.28. The molecule has 0 bridgehead atoms. The van der Waals surface area contributed by atoms with Gasteiger partial charge in [0.05, 0.1) is 19.5 Å². The molecular formula is C16H21N5O. The summed E-state index contributed by atoms with van der Waals surface area (Å²) in [4.78, 5) is 13.1. The lowest BCUT2D eigenvalue weighted by Crippen LogP contribution is -2.46. The van der Waals surface area contributed by atoms with E-state index in [1.807, 2.05) is 12.1 Å². The van der Waals surface area contributed by atoms with E-state index in [4.69, 9.17) is 10.5 Å². The second-order valence-electron chi connectivity index (χ2n) is 5.38. The van der Waals surface area contributed by atoms with Crippen LogP contribution in [0.3, 0.4) is 0 Å². The average molecular weight is 299 g/mol. The summed E-state index contributed by atoms with van der Waals surface area (Å²) in [7, 11) is 1.72. The van der Waals surface area contributed by atoms with Crippen LogP contribution in [0.2, 0.25) is 0 Å². The van der Waals surface area contributed by atoms with Gasteiger partial charge in [0.25, 0.3) is 0 Å². The highest BCUT2D eigenvalue weighted by atomic mass is 16.5. The van der Waals surface area contributed by atoms with Crippen molar-refractivity contribution in [3.63, 3.8) is 0 Å². The van der Waals surface area contributed by atoms with E-state index in [2.05, 4.69) is 31.9 Å². The molecule has 1 aliphatic heterocycles. The van der Waals surface area contributed by atoms with Crippen molar-refractivity contribution in [2.24, 2.45) is 0 Å². The normalized spacial score (nSPS) is 15.8. The van der Waals surface area contributed by atoms with E-state index in [1.54, 1.807) is 19.5 Å². The van der Waals surface area contributed by atoms with Crippen molar-refractivity contribution < 1.29 is 4.74 Å². The number of nitrogens with two attached hydrogens (primary N) is 1. The van der Waals surface area contributed by atoms with Crippen molar-refractivity contribution in [1.82, 2.24) is 14.9 Å². The number of methoxy groups -OCH3 is 1. The Hall–Kier alpha value is -2.34. The zero-order valence-corrected chi connectivity index (χ0v) is 12.8. The first-order valence-electron chi connectivity index (χ1n) is 7.43. The molecule has 2 heterocycles. The Balaban J connectivity index is 1.60. The van der Waals surface area contributed by atoms with Gasteiger partial charge in [0.15, 0.2) is 0 Å². The van der Waals surface area contributed by atoms with E-state index in [-0.39, 0.29) is 0 Å². The fraction of sp³-hybridized carbons (Fsp3) is 0.375. The predicted octanol–water partition coefficient (Wildman–Crippen LogP) is 1.39. The molecule has 1 aliphatic rings. The maximum Gasteiger partial charge on any atom is 0.149 e. The first-order chi connectivity index (χ1) is 10.8. The summed E-state index contributed by atoms with van der Waals surface area (Å²) < 4.78 is 5.42. The van der Waals surface area contributed by atoms with Crippen LogP contribution < -0.4 is 15.4 Å². The first-order valence-corrected chi connectivity index (χ1v) is 7.43. The van der Waals surface area contributed by atoms with E-state index in [0.29, 0.717) is 5.82 Å². The smallest absolute Gasteiger partial charge is 0.149 e. The van der Waals surface area contributed by atoms with Gasteiger partial charge >= 0.3 is 0 Å². The van der Waals surface area contributed by atoms with Crippen molar-refractivity contribution in [3.8, 4) is 5.75 Å². The number of rotatable bonds is 4. The lowest BCUT2D eigenvalue weighted by molar-refractivity contribution is 0.245. The van der Waals surface area contributed by atoms with Gasteiger partial charge in [-0.25, -0.2) is 4.98 Å². The van der Waals surface area contributed by atoms with Gasteiger partial charge in [-0.2, -0.15) is 0 Å². The predicted molar refractivity (Wildman–Crippen MR) is 86.9 cm³/mol. The van der Waals surface area contributed by atoms with Crippen LogP contribution >= 0.6 is 0 Å². The SMILES string of the molecule is COc1ccccc1CN1CCN(c2cncc(N)n2)CC1. The third-order valence-electron chi connectivity index (χ3n) is 3.92. The Labute approximate surface area is 130 Å². The number of benzene rings is 1. The lowest BCUT2D eigenvalue weighted by Gasteiger charge is -2.35. The highest BCUT2D eigenvalue weighted by Gasteiger charge is 2.19. The molecule has 2 N–H and O–H groups in total. The molecule has 0 aliphatic carbocycles. The van der Waals surface area contributed by atoms with E-state index in [0.717, 1.165) is 44.3 Å². The maximum atomic E-state index is 5.70. The first kappa shape index (κ1) is 14.6. The van der Waals surface area contributed by atoms with Gasteiger partial charge in [0.2, 0.25) is 0 Å². The molecule has 2 aromatic rings. The highest BCUT2D eigenvalue weighted by molar-refractivity contribution is 5.42. The summed E-state index contributed by atoms with van der Waals surface area (Å²) in [6.45, 7) is 4.71. The summed E-state index contributed by atoms with van der Waals surface area (Å²) in [6, 6.07) is 8.18. The van der Waals surface area contributed by atoms with Gasteiger partial charge < -0.3 is 15.4 Å². The average Bonchev–Trinajstić information content (AvgIpc) is 2.56. The Morgan fingerprint density at radius 2 is 1.91 bits per heavy atom. The largest absolute Gasteiger partial charge is 0.496 e. The molecular weight excluding hydrogens is 278 g/mol. The third-order valence-corrected chi connectivity index (χ3v) is 3.92. The molecule has 3 rings (SSSR count). The molecule has 6 nitrogen and oxygen atoms in total. The van der Waals surface area contributed by atoms with Crippen molar-refractivity contribution in [3.05, 3.63) is 42.2 Å². The van der Waals surface area contributed by atoms with Gasteiger partial charge in [0, 0.05) is 38.3 Å². The van der Waals surface area contributed by atoms with Gasteiger partial charge in [-0.3, -0.25) is 9.88 Å². The standard InChI is InChI=1S/C16H21N5O/c1-22-14-5-3-2-4-13(14)12-20-6-8-21(9-7-20)16-11-18-10-15(17)19-16/h2-5,10-11H,6-9,12H2,1H3,(H2,17,19). The molecule has 1 aromatic heterocycles. The van der Waals surface area contributed by atoms with E-state index in [9.17, 15) is 0 Å². The van der Waals surface area contributed by atoms with Crippen LogP contribution in [-0.4, -0.2) is 48.2 Å². The maximum absolute atomic E-state index is 5.70. The number of piperazine rings is 1. The quantitative estimate of drug-likeness (QED) is 0.920. The number of anilines is 2. The second-order valence-corrected chi connectivity index (χ2v) is 5.38. The van der Waals surface area contributed by atoms with Gasteiger partial charge in [0.1, 0.15) is 17.4 Å². The molecule has 6 heteroatoms. The summed E-state index contributed by atoms with van der Waals surface area (Å²) in [5.74, 6) is 2.28. The Morgan fingerprint density at radius 1 is 1.14 bits per heavy atom. The van der Waals surface area contributed by atoms with Crippen LogP contribution in [0.25, 0.3) is 0 Å². The van der Waals surface area contributed by atoms with Crippen LogP contribution in [0.5, 0.6) is 5.75 Å². The lowest BCUT2D eigenvalue weighted by atomic mass is 10.1. The number of hydrogen-bond acceptors (Lipinski definition) is 6. The fourth-order valence-corrected chi connectivity index (χ4v) is 2.73. The molecule has 0 spiro atoms. The summed E-state index contributed by atoms with van der Waals surface area (Å²) in [5, 5.41) is 0. The Kier molecular flexibility index (Phi) is 4.39. The number of para-hydroxylation sites is 1. The number of nitrogens with zero attached hydrogens (tertiary/aromatic N) is 4. The van der Waals surface area contributed by atoms with E-state index >= 15 is 0 Å². The van der Waals surface area contributed by atoms with Crippen molar-refractivity contribution in [2.75, 3.05) is 43.9 Å². The number of hydrogen-bond donors (Lipinski definition) is 1. The van der Waals surface area contributed by atoms with Crippen LogP contribution in [0.4, 0.5) is 11.6 Å². The molecule has 0 amide bonds. The summed E-state index contributed by atoms with van der Waals surface area (Å²) in [6.07, 6.45) is 3.34. The van der Waals surface area contributed by atoms with Crippen LogP contribution in [0, 0.1) is 0 Å². The molecule has 0 radical (unpaired) electrons. The molecule has 0 unspecified atom stereocenters. The number of ether oxygens (including phenoxy) is 1. The van der Waals surface area contributed by atoms with E-state index in [1.165, 1.54) is 5.56 Å². The topological polar surface area (TPSA) is 67.5 Å². The minimum Gasteiger partial charge on any atom is -0.496 e.